The second kappa shape index (κ2) is 6.24. The first kappa shape index (κ1) is 15.1. The number of nitrogens with zero attached hydrogens (tertiary/aromatic N) is 2. The Morgan fingerprint density at radius 2 is 2.12 bits per heavy atom. The van der Waals surface area contributed by atoms with Gasteiger partial charge in [-0.05, 0) is 43.2 Å². The molecule has 0 N–H and O–H groups in total. The van der Waals surface area contributed by atoms with E-state index in [9.17, 15) is 4.79 Å². The third-order valence-electron chi connectivity index (χ3n) is 4.43. The van der Waals surface area contributed by atoms with Crippen LogP contribution in [0.3, 0.4) is 0 Å². The number of rotatable bonds is 3. The van der Waals surface area contributed by atoms with Crippen molar-refractivity contribution in [3.05, 3.63) is 59.1 Å². The molecule has 5 heteroatoms. The van der Waals surface area contributed by atoms with Gasteiger partial charge in [-0.15, -0.1) is 11.3 Å². The lowest BCUT2D eigenvalue weighted by Gasteiger charge is -2.23. The molecule has 2 heterocycles. The van der Waals surface area contributed by atoms with Crippen molar-refractivity contribution < 1.29 is 9.53 Å². The molecule has 1 amide bonds. The van der Waals surface area contributed by atoms with Gasteiger partial charge in [0, 0.05) is 12.1 Å². The average molecular weight is 338 g/mol. The smallest absolute Gasteiger partial charge is 0.254 e. The molecule has 0 bridgehead atoms. The minimum atomic E-state index is 0.0515. The molecule has 2 aromatic carbocycles. The maximum absolute atomic E-state index is 13.0. The number of para-hydroxylation sites is 1. The summed E-state index contributed by atoms with van der Waals surface area (Å²) >= 11 is 1.69. The highest BCUT2D eigenvalue weighted by Gasteiger charge is 2.32. The summed E-state index contributed by atoms with van der Waals surface area (Å²) in [4.78, 5) is 19.7. The third kappa shape index (κ3) is 2.65. The number of thiazole rings is 1. The standard InChI is InChI=1S/C19H18N2O2S/c1-23-14-7-4-6-13(12-14)19(22)21-11-5-9-16(21)18-20-15-8-2-3-10-17(15)24-18/h2-4,6-8,10,12,16H,5,9,11H2,1H3. The monoisotopic (exact) mass is 338 g/mol. The van der Waals surface area contributed by atoms with E-state index in [0.717, 1.165) is 29.9 Å². The van der Waals surface area contributed by atoms with Crippen molar-refractivity contribution in [1.29, 1.82) is 0 Å². The molecule has 24 heavy (non-hydrogen) atoms. The van der Waals surface area contributed by atoms with Crippen LogP contribution in [-0.2, 0) is 0 Å². The second-order valence-corrected chi connectivity index (χ2v) is 6.97. The van der Waals surface area contributed by atoms with Gasteiger partial charge in [0.25, 0.3) is 5.91 Å². The van der Waals surface area contributed by atoms with E-state index in [1.807, 2.05) is 41.3 Å². The van der Waals surface area contributed by atoms with Crippen LogP contribution in [0.4, 0.5) is 0 Å². The zero-order chi connectivity index (χ0) is 16.5. The molecule has 0 spiro atoms. The first-order chi connectivity index (χ1) is 11.8. The van der Waals surface area contributed by atoms with Gasteiger partial charge in [0.15, 0.2) is 0 Å². The first-order valence-corrected chi connectivity index (χ1v) is 8.88. The summed E-state index contributed by atoms with van der Waals surface area (Å²) < 4.78 is 6.41. The predicted octanol–water partition coefficient (Wildman–Crippen LogP) is 4.28. The number of carbonyl (C=O) groups excluding carboxylic acids is 1. The number of hydrogen-bond donors (Lipinski definition) is 0. The molecule has 4 rings (SSSR count). The molecule has 3 aromatic rings. The number of carbonyl (C=O) groups is 1. The largest absolute Gasteiger partial charge is 0.497 e. The first-order valence-electron chi connectivity index (χ1n) is 8.07. The zero-order valence-electron chi connectivity index (χ0n) is 13.4. The highest BCUT2D eigenvalue weighted by atomic mass is 32.1. The van der Waals surface area contributed by atoms with Crippen LogP contribution in [0.15, 0.2) is 48.5 Å². The van der Waals surface area contributed by atoms with Crippen molar-refractivity contribution in [3.63, 3.8) is 0 Å². The van der Waals surface area contributed by atoms with Crippen LogP contribution >= 0.6 is 11.3 Å². The van der Waals surface area contributed by atoms with Crippen molar-refractivity contribution in [3.8, 4) is 5.75 Å². The van der Waals surface area contributed by atoms with Crippen LogP contribution in [0, 0.1) is 0 Å². The average Bonchev–Trinajstić information content (AvgIpc) is 3.27. The summed E-state index contributed by atoms with van der Waals surface area (Å²) in [7, 11) is 1.61. The van der Waals surface area contributed by atoms with Crippen molar-refractivity contribution in [1.82, 2.24) is 9.88 Å². The normalized spacial score (nSPS) is 17.4. The number of methoxy groups -OCH3 is 1. The maximum atomic E-state index is 13.0. The molecule has 0 radical (unpaired) electrons. The third-order valence-corrected chi connectivity index (χ3v) is 5.56. The fourth-order valence-electron chi connectivity index (χ4n) is 3.22. The van der Waals surface area contributed by atoms with Crippen molar-refractivity contribution >= 4 is 27.5 Å². The van der Waals surface area contributed by atoms with Gasteiger partial charge in [0.1, 0.15) is 10.8 Å². The summed E-state index contributed by atoms with van der Waals surface area (Å²) in [5.41, 5.74) is 1.68. The molecule has 0 aliphatic carbocycles. The molecule has 122 valence electrons. The molecule has 1 atom stereocenters. The summed E-state index contributed by atoms with van der Waals surface area (Å²) in [6.07, 6.45) is 1.98. The minimum Gasteiger partial charge on any atom is -0.497 e. The Hall–Kier alpha value is -2.40. The van der Waals surface area contributed by atoms with Gasteiger partial charge in [-0.1, -0.05) is 18.2 Å². The fourth-order valence-corrected chi connectivity index (χ4v) is 4.34. The Bertz CT molecular complexity index is 857. The number of fused-ring (bicyclic) bond motifs is 1. The molecule has 1 aliphatic heterocycles. The van der Waals surface area contributed by atoms with E-state index in [2.05, 4.69) is 6.07 Å². The lowest BCUT2D eigenvalue weighted by Crippen LogP contribution is -2.30. The summed E-state index contributed by atoms with van der Waals surface area (Å²) in [6, 6.07) is 15.6. The van der Waals surface area contributed by atoms with E-state index in [1.54, 1.807) is 24.5 Å². The second-order valence-electron chi connectivity index (χ2n) is 5.91. The van der Waals surface area contributed by atoms with Crippen molar-refractivity contribution in [2.45, 2.75) is 18.9 Å². The van der Waals surface area contributed by atoms with Gasteiger partial charge in [-0.3, -0.25) is 4.79 Å². The quantitative estimate of drug-likeness (QED) is 0.716. The van der Waals surface area contributed by atoms with E-state index in [1.165, 1.54) is 4.70 Å². The Kier molecular flexibility index (Phi) is 3.94. The van der Waals surface area contributed by atoms with Crippen LogP contribution in [-0.4, -0.2) is 29.4 Å². The lowest BCUT2D eigenvalue weighted by atomic mass is 10.1. The van der Waals surface area contributed by atoms with E-state index < -0.39 is 0 Å². The molecule has 0 saturated carbocycles. The maximum Gasteiger partial charge on any atom is 0.254 e. The molecule has 1 unspecified atom stereocenters. The lowest BCUT2D eigenvalue weighted by molar-refractivity contribution is 0.0735. The number of ether oxygens (including phenoxy) is 1. The number of amides is 1. The van der Waals surface area contributed by atoms with Crippen LogP contribution in [0.25, 0.3) is 10.2 Å². The summed E-state index contributed by atoms with van der Waals surface area (Å²) in [5, 5.41) is 1.03. The molecule has 1 fully saturated rings. The van der Waals surface area contributed by atoms with E-state index in [-0.39, 0.29) is 11.9 Å². The Labute approximate surface area is 144 Å². The van der Waals surface area contributed by atoms with Crippen molar-refractivity contribution in [2.24, 2.45) is 0 Å². The van der Waals surface area contributed by atoms with Gasteiger partial charge < -0.3 is 9.64 Å². The van der Waals surface area contributed by atoms with Gasteiger partial charge in [-0.25, -0.2) is 4.98 Å². The van der Waals surface area contributed by atoms with Gasteiger partial charge in [0.05, 0.1) is 23.4 Å². The Balaban J connectivity index is 1.65. The SMILES string of the molecule is COc1cccc(C(=O)N2CCCC2c2nc3ccccc3s2)c1. The number of likely N-dealkylation sites (tertiary alicyclic amines) is 1. The summed E-state index contributed by atoms with van der Waals surface area (Å²) in [6.45, 7) is 0.774. The Morgan fingerprint density at radius 3 is 2.96 bits per heavy atom. The van der Waals surface area contributed by atoms with Crippen LogP contribution in [0.2, 0.25) is 0 Å². The molecule has 4 nitrogen and oxygen atoms in total. The molecular formula is C19H18N2O2S. The zero-order valence-corrected chi connectivity index (χ0v) is 14.3. The van der Waals surface area contributed by atoms with Gasteiger partial charge in [-0.2, -0.15) is 0 Å². The topological polar surface area (TPSA) is 42.4 Å². The minimum absolute atomic E-state index is 0.0515. The molecule has 1 aromatic heterocycles. The van der Waals surface area contributed by atoms with E-state index in [4.69, 9.17) is 9.72 Å². The molecular weight excluding hydrogens is 320 g/mol. The van der Waals surface area contributed by atoms with Crippen LogP contribution in [0.1, 0.15) is 34.2 Å². The van der Waals surface area contributed by atoms with Crippen LogP contribution < -0.4 is 4.74 Å². The number of benzene rings is 2. The van der Waals surface area contributed by atoms with Gasteiger partial charge >= 0.3 is 0 Å². The highest BCUT2D eigenvalue weighted by molar-refractivity contribution is 7.18. The highest BCUT2D eigenvalue weighted by Crippen LogP contribution is 2.37. The van der Waals surface area contributed by atoms with Gasteiger partial charge in [0.2, 0.25) is 0 Å². The van der Waals surface area contributed by atoms with Crippen LogP contribution in [0.5, 0.6) is 5.75 Å². The number of hydrogen-bond acceptors (Lipinski definition) is 4. The molecule has 1 saturated heterocycles. The summed E-state index contributed by atoms with van der Waals surface area (Å²) in [5.74, 6) is 0.757. The van der Waals surface area contributed by atoms with E-state index >= 15 is 0 Å². The predicted molar refractivity (Wildman–Crippen MR) is 95.6 cm³/mol. The Morgan fingerprint density at radius 1 is 1.25 bits per heavy atom. The van der Waals surface area contributed by atoms with Crippen molar-refractivity contribution in [2.75, 3.05) is 13.7 Å². The number of aromatic nitrogens is 1. The fraction of sp³-hybridized carbons (Fsp3) is 0.263. The molecule has 1 aliphatic rings. The van der Waals surface area contributed by atoms with E-state index in [0.29, 0.717) is 11.3 Å².